The fraction of sp³-hybridized carbons (Fsp3) is 0.667. The van der Waals surface area contributed by atoms with E-state index in [2.05, 4.69) is 4.74 Å². The minimum absolute atomic E-state index is 0.184. The quantitative estimate of drug-likeness (QED) is 0.448. The van der Waals surface area contributed by atoms with Crippen molar-refractivity contribution in [1.82, 2.24) is 4.90 Å². The van der Waals surface area contributed by atoms with Crippen molar-refractivity contribution in [1.29, 1.82) is 0 Å². The third kappa shape index (κ3) is 4.75. The summed E-state index contributed by atoms with van der Waals surface area (Å²) in [6, 6.07) is -0.950. The van der Waals surface area contributed by atoms with Gasteiger partial charge in [0.05, 0.1) is 13.7 Å². The third-order valence-corrected chi connectivity index (χ3v) is 2.95. The summed E-state index contributed by atoms with van der Waals surface area (Å²) in [4.78, 5) is 37.1. The van der Waals surface area contributed by atoms with Crippen molar-refractivity contribution < 1.29 is 28.6 Å². The van der Waals surface area contributed by atoms with Gasteiger partial charge in [-0.05, 0) is 39.7 Å². The summed E-state index contributed by atoms with van der Waals surface area (Å²) in [7, 11) is 1.25. The molecule has 0 saturated carbocycles. The Morgan fingerprint density at radius 2 is 1.95 bits per heavy atom. The Hall–Kier alpha value is -2.05. The van der Waals surface area contributed by atoms with Crippen molar-refractivity contribution in [2.24, 2.45) is 0 Å². The molecule has 1 fully saturated rings. The van der Waals surface area contributed by atoms with Gasteiger partial charge in [-0.25, -0.2) is 14.4 Å². The van der Waals surface area contributed by atoms with E-state index in [4.69, 9.17) is 9.47 Å². The van der Waals surface area contributed by atoms with E-state index in [0.717, 1.165) is 0 Å². The fourth-order valence-corrected chi connectivity index (χ4v) is 2.09. The highest BCUT2D eigenvalue weighted by Crippen LogP contribution is 2.27. The fourth-order valence-electron chi connectivity index (χ4n) is 2.09. The average Bonchev–Trinajstić information content (AvgIpc) is 2.80. The molecule has 1 aliphatic heterocycles. The largest absolute Gasteiger partial charge is 0.466 e. The van der Waals surface area contributed by atoms with E-state index in [1.807, 2.05) is 0 Å². The molecule has 1 unspecified atom stereocenters. The zero-order valence-corrected chi connectivity index (χ0v) is 13.7. The van der Waals surface area contributed by atoms with Crippen LogP contribution in [0.5, 0.6) is 0 Å². The molecule has 0 spiro atoms. The number of amides is 1. The second-order valence-corrected chi connectivity index (χ2v) is 5.82. The number of nitrogens with zero attached hydrogens (tertiary/aromatic N) is 1. The molecule has 0 aromatic carbocycles. The number of rotatable bonds is 3. The van der Waals surface area contributed by atoms with Crippen molar-refractivity contribution in [3.63, 3.8) is 0 Å². The van der Waals surface area contributed by atoms with Crippen LogP contribution in [0, 0.1) is 0 Å². The van der Waals surface area contributed by atoms with Crippen molar-refractivity contribution in [3.8, 4) is 0 Å². The van der Waals surface area contributed by atoms with Gasteiger partial charge in [0.2, 0.25) is 0 Å². The summed E-state index contributed by atoms with van der Waals surface area (Å²) in [6.07, 6.45) is 1.00. The van der Waals surface area contributed by atoms with Crippen LogP contribution < -0.4 is 0 Å². The van der Waals surface area contributed by atoms with Gasteiger partial charge in [0, 0.05) is 12.6 Å². The Morgan fingerprint density at radius 3 is 2.45 bits per heavy atom. The Labute approximate surface area is 130 Å². The van der Waals surface area contributed by atoms with Crippen LogP contribution in [0.2, 0.25) is 0 Å². The smallest absolute Gasteiger partial charge is 0.411 e. The Kier molecular flexibility index (Phi) is 5.96. The van der Waals surface area contributed by atoms with Gasteiger partial charge in [0.25, 0.3) is 0 Å². The maximum atomic E-state index is 12.2. The molecule has 1 heterocycles. The number of carbonyl (C=O) groups excluding carboxylic acids is 3. The molecule has 0 bridgehead atoms. The first-order chi connectivity index (χ1) is 10.2. The molecule has 7 nitrogen and oxygen atoms in total. The molecule has 22 heavy (non-hydrogen) atoms. The predicted molar refractivity (Wildman–Crippen MR) is 78.1 cm³/mol. The SMILES string of the molecule is CCOC(=O)C1C(=CC(=O)OC)CCN1C(=O)OC(C)(C)C. The topological polar surface area (TPSA) is 82.1 Å². The van der Waals surface area contributed by atoms with Gasteiger partial charge in [-0.15, -0.1) is 0 Å². The van der Waals surface area contributed by atoms with Gasteiger partial charge in [0.1, 0.15) is 5.60 Å². The molecular weight excluding hydrogens is 290 g/mol. The molecule has 1 aliphatic rings. The van der Waals surface area contributed by atoms with Gasteiger partial charge in [-0.1, -0.05) is 0 Å². The summed E-state index contributed by atoms with van der Waals surface area (Å²) in [6.45, 7) is 7.36. The monoisotopic (exact) mass is 313 g/mol. The first-order valence-corrected chi connectivity index (χ1v) is 7.14. The van der Waals surface area contributed by atoms with Crippen LogP contribution in [-0.4, -0.2) is 54.8 Å². The summed E-state index contributed by atoms with van der Waals surface area (Å²) in [5.41, 5.74) is -0.193. The van der Waals surface area contributed by atoms with E-state index in [0.29, 0.717) is 12.0 Å². The van der Waals surface area contributed by atoms with E-state index in [1.165, 1.54) is 18.1 Å². The lowest BCUT2D eigenvalue weighted by molar-refractivity contribution is -0.147. The van der Waals surface area contributed by atoms with Crippen molar-refractivity contribution in [2.45, 2.75) is 45.8 Å². The second kappa shape index (κ2) is 7.29. The molecular formula is C15H23NO6. The molecule has 0 aromatic heterocycles. The molecule has 124 valence electrons. The van der Waals surface area contributed by atoms with Gasteiger partial charge < -0.3 is 14.2 Å². The lowest BCUT2D eigenvalue weighted by Gasteiger charge is -2.27. The van der Waals surface area contributed by atoms with Gasteiger partial charge in [-0.2, -0.15) is 0 Å². The lowest BCUT2D eigenvalue weighted by atomic mass is 10.1. The van der Waals surface area contributed by atoms with E-state index in [-0.39, 0.29) is 13.2 Å². The molecule has 1 rings (SSSR count). The number of methoxy groups -OCH3 is 1. The zero-order chi connectivity index (χ0) is 16.9. The van der Waals surface area contributed by atoms with E-state index >= 15 is 0 Å². The van der Waals surface area contributed by atoms with Crippen LogP contribution in [0.3, 0.4) is 0 Å². The lowest BCUT2D eigenvalue weighted by Crippen LogP contribution is -2.44. The van der Waals surface area contributed by atoms with Crippen LogP contribution in [0.4, 0.5) is 4.79 Å². The number of likely N-dealkylation sites (tertiary alicyclic amines) is 1. The number of carbonyl (C=O) groups is 3. The molecule has 0 aliphatic carbocycles. The summed E-state index contributed by atoms with van der Waals surface area (Å²) in [5.74, 6) is -1.16. The molecule has 1 atom stereocenters. The molecule has 0 N–H and O–H groups in total. The first-order valence-electron chi connectivity index (χ1n) is 7.14. The highest BCUT2D eigenvalue weighted by molar-refractivity contribution is 5.90. The van der Waals surface area contributed by atoms with E-state index in [9.17, 15) is 14.4 Å². The maximum Gasteiger partial charge on any atom is 0.411 e. The Bertz CT molecular complexity index is 477. The van der Waals surface area contributed by atoms with Gasteiger partial charge in [0.15, 0.2) is 6.04 Å². The maximum absolute atomic E-state index is 12.2. The highest BCUT2D eigenvalue weighted by atomic mass is 16.6. The van der Waals surface area contributed by atoms with E-state index in [1.54, 1.807) is 27.7 Å². The zero-order valence-electron chi connectivity index (χ0n) is 13.7. The third-order valence-electron chi connectivity index (χ3n) is 2.95. The van der Waals surface area contributed by atoms with Crippen LogP contribution in [0.25, 0.3) is 0 Å². The van der Waals surface area contributed by atoms with Crippen LogP contribution in [0.1, 0.15) is 34.1 Å². The van der Waals surface area contributed by atoms with Crippen LogP contribution in [0.15, 0.2) is 11.6 Å². The van der Waals surface area contributed by atoms with Crippen LogP contribution >= 0.6 is 0 Å². The summed E-state index contributed by atoms with van der Waals surface area (Å²) < 4.78 is 14.9. The van der Waals surface area contributed by atoms with Gasteiger partial charge >= 0.3 is 18.0 Å². The van der Waals surface area contributed by atoms with E-state index < -0.39 is 29.7 Å². The van der Waals surface area contributed by atoms with Crippen molar-refractivity contribution in [2.75, 3.05) is 20.3 Å². The molecule has 0 aromatic rings. The molecule has 1 saturated heterocycles. The van der Waals surface area contributed by atoms with Crippen molar-refractivity contribution in [3.05, 3.63) is 11.6 Å². The molecule has 0 radical (unpaired) electrons. The Morgan fingerprint density at radius 1 is 1.32 bits per heavy atom. The van der Waals surface area contributed by atoms with Gasteiger partial charge in [-0.3, -0.25) is 4.90 Å². The molecule has 1 amide bonds. The van der Waals surface area contributed by atoms with Crippen molar-refractivity contribution >= 4 is 18.0 Å². The number of esters is 2. The normalized spacial score (nSPS) is 20.0. The number of hydrogen-bond acceptors (Lipinski definition) is 6. The average molecular weight is 313 g/mol. The Balaban J connectivity index is 3.02. The summed E-state index contributed by atoms with van der Waals surface area (Å²) in [5, 5.41) is 0. The highest BCUT2D eigenvalue weighted by Gasteiger charge is 2.41. The second-order valence-electron chi connectivity index (χ2n) is 5.82. The van der Waals surface area contributed by atoms with Crippen LogP contribution in [-0.2, 0) is 23.8 Å². The predicted octanol–water partition coefficient (Wildman–Crippen LogP) is 1.66. The first kappa shape index (κ1) is 18.0. The number of hydrogen-bond donors (Lipinski definition) is 0. The standard InChI is InChI=1S/C15H23NO6/c1-6-21-13(18)12-10(9-11(17)20-5)7-8-16(12)14(19)22-15(2,3)4/h9,12H,6-8H2,1-5H3. The minimum Gasteiger partial charge on any atom is -0.466 e. The number of ether oxygens (including phenoxy) is 3. The minimum atomic E-state index is -0.950. The summed E-state index contributed by atoms with van der Waals surface area (Å²) >= 11 is 0. The molecule has 7 heteroatoms.